The maximum absolute atomic E-state index is 12.6. The van der Waals surface area contributed by atoms with Crippen molar-refractivity contribution in [2.24, 2.45) is 0 Å². The molecule has 0 saturated heterocycles. The summed E-state index contributed by atoms with van der Waals surface area (Å²) < 4.78 is 21.5. The molecule has 1 aliphatic heterocycles. The molecule has 2 aromatic rings. The number of halogens is 1. The lowest BCUT2D eigenvalue weighted by atomic mass is 10.1. The largest absolute Gasteiger partial charge is 0.493 e. The van der Waals surface area contributed by atoms with Gasteiger partial charge in [0.15, 0.2) is 29.6 Å². The second-order valence-corrected chi connectivity index (χ2v) is 5.84. The van der Waals surface area contributed by atoms with Crippen LogP contribution in [0.25, 0.3) is 0 Å². The van der Waals surface area contributed by atoms with E-state index in [0.29, 0.717) is 40.3 Å². The molecule has 0 radical (unpaired) electrons. The number of hydrogen-bond donors (Lipinski definition) is 0. The summed E-state index contributed by atoms with van der Waals surface area (Å²) in [6.45, 7) is 0.208. The lowest BCUT2D eigenvalue weighted by Crippen LogP contribution is -2.32. The highest BCUT2D eigenvalue weighted by molar-refractivity contribution is 6.30. The van der Waals surface area contributed by atoms with Gasteiger partial charge in [0.2, 0.25) is 0 Å². The minimum Gasteiger partial charge on any atom is -0.493 e. The zero-order valence-electron chi connectivity index (χ0n) is 14.2. The molecule has 7 heteroatoms. The molecule has 0 aromatic heterocycles. The average Bonchev–Trinajstić information content (AvgIpc) is 2.79. The van der Waals surface area contributed by atoms with Crippen molar-refractivity contribution in [1.82, 2.24) is 0 Å². The monoisotopic (exact) mass is 363 g/mol. The Labute approximate surface area is 150 Å². The summed E-state index contributed by atoms with van der Waals surface area (Å²) in [5.74, 6) is 1.99. The van der Waals surface area contributed by atoms with Crippen LogP contribution in [0.5, 0.6) is 23.0 Å². The summed E-state index contributed by atoms with van der Waals surface area (Å²) in [5.41, 5.74) is 1.45. The van der Waals surface area contributed by atoms with E-state index in [1.54, 1.807) is 49.5 Å². The van der Waals surface area contributed by atoms with Gasteiger partial charge in [0, 0.05) is 28.4 Å². The predicted octanol–water partition coefficient (Wildman–Crippen LogP) is 3.29. The minimum atomic E-state index is -0.179. The van der Waals surface area contributed by atoms with Crippen LogP contribution in [0.3, 0.4) is 0 Å². The maximum atomic E-state index is 12.6. The first-order chi connectivity index (χ1) is 12.1. The molecule has 0 fully saturated rings. The molecule has 132 valence electrons. The Kier molecular flexibility index (Phi) is 4.90. The molecule has 25 heavy (non-hydrogen) atoms. The third kappa shape index (κ3) is 3.30. The topological polar surface area (TPSA) is 57.2 Å². The zero-order valence-corrected chi connectivity index (χ0v) is 14.9. The van der Waals surface area contributed by atoms with Crippen LogP contribution < -0.4 is 23.8 Å². The quantitative estimate of drug-likeness (QED) is 0.834. The van der Waals surface area contributed by atoms with Gasteiger partial charge in [0.05, 0.1) is 27.9 Å². The normalized spacial score (nSPS) is 13.6. The summed E-state index contributed by atoms with van der Waals surface area (Å²) in [5, 5.41) is 0.515. The summed E-state index contributed by atoms with van der Waals surface area (Å²) in [4.78, 5) is 14.2. The molecule has 0 spiro atoms. The molecule has 2 aromatic carbocycles. The zero-order chi connectivity index (χ0) is 18.0. The molecule has 0 aliphatic carbocycles. The van der Waals surface area contributed by atoms with Crippen molar-refractivity contribution < 1.29 is 23.7 Å². The SMILES string of the molecule is COc1ccc(N2Cc3cc(Cl)cc(OC)c3OCC2=O)cc1OC. The molecule has 0 saturated carbocycles. The van der Waals surface area contributed by atoms with Crippen LogP contribution in [-0.4, -0.2) is 33.8 Å². The Hall–Kier alpha value is -2.60. The van der Waals surface area contributed by atoms with Crippen molar-refractivity contribution in [3.05, 3.63) is 40.9 Å². The molecule has 0 bridgehead atoms. The van der Waals surface area contributed by atoms with E-state index in [1.807, 2.05) is 0 Å². The number of carbonyl (C=O) groups is 1. The summed E-state index contributed by atoms with van der Waals surface area (Å²) in [6.07, 6.45) is 0. The van der Waals surface area contributed by atoms with E-state index in [4.69, 9.17) is 30.5 Å². The fourth-order valence-corrected chi connectivity index (χ4v) is 2.98. The molecule has 3 rings (SSSR count). The van der Waals surface area contributed by atoms with Crippen molar-refractivity contribution in [1.29, 1.82) is 0 Å². The minimum absolute atomic E-state index is 0.0979. The van der Waals surface area contributed by atoms with Crippen molar-refractivity contribution in [3.63, 3.8) is 0 Å². The third-order valence-corrected chi connectivity index (χ3v) is 4.18. The van der Waals surface area contributed by atoms with Gasteiger partial charge < -0.3 is 23.8 Å². The average molecular weight is 364 g/mol. The van der Waals surface area contributed by atoms with Gasteiger partial charge >= 0.3 is 0 Å². The van der Waals surface area contributed by atoms with Crippen LogP contribution in [-0.2, 0) is 11.3 Å². The third-order valence-electron chi connectivity index (χ3n) is 3.96. The van der Waals surface area contributed by atoms with E-state index in [2.05, 4.69) is 0 Å². The Balaban J connectivity index is 2.03. The molecule has 0 unspecified atom stereocenters. The van der Waals surface area contributed by atoms with Crippen LogP contribution in [0, 0.1) is 0 Å². The summed E-state index contributed by atoms with van der Waals surface area (Å²) >= 11 is 6.16. The summed E-state index contributed by atoms with van der Waals surface area (Å²) in [7, 11) is 4.65. The van der Waals surface area contributed by atoms with E-state index in [0.717, 1.165) is 5.56 Å². The second kappa shape index (κ2) is 7.11. The van der Waals surface area contributed by atoms with Gasteiger partial charge in [-0.2, -0.15) is 0 Å². The lowest BCUT2D eigenvalue weighted by molar-refractivity contribution is -0.120. The van der Waals surface area contributed by atoms with Crippen LogP contribution in [0.1, 0.15) is 5.56 Å². The molecule has 1 amide bonds. The number of rotatable bonds is 4. The number of fused-ring (bicyclic) bond motifs is 1. The number of carbonyl (C=O) groups excluding carboxylic acids is 1. The maximum Gasteiger partial charge on any atom is 0.265 e. The highest BCUT2D eigenvalue weighted by Crippen LogP contribution is 2.39. The molecule has 1 aliphatic rings. The fourth-order valence-electron chi connectivity index (χ4n) is 2.75. The van der Waals surface area contributed by atoms with E-state index in [9.17, 15) is 4.79 Å². The van der Waals surface area contributed by atoms with Gasteiger partial charge in [0.1, 0.15) is 0 Å². The van der Waals surface area contributed by atoms with Crippen molar-refractivity contribution in [2.75, 3.05) is 32.8 Å². The van der Waals surface area contributed by atoms with Gasteiger partial charge in [-0.25, -0.2) is 0 Å². The Morgan fingerprint density at radius 2 is 1.72 bits per heavy atom. The van der Waals surface area contributed by atoms with Crippen LogP contribution in [0.2, 0.25) is 5.02 Å². The van der Waals surface area contributed by atoms with Crippen LogP contribution in [0.15, 0.2) is 30.3 Å². The number of amides is 1. The highest BCUT2D eigenvalue weighted by atomic mass is 35.5. The standard InChI is InChI=1S/C18H18ClNO5/c1-22-14-5-4-13(8-15(14)23-2)20-9-11-6-12(19)7-16(24-3)18(11)25-10-17(20)21/h4-8H,9-10H2,1-3H3. The van der Waals surface area contributed by atoms with Gasteiger partial charge in [-0.3, -0.25) is 4.79 Å². The second-order valence-electron chi connectivity index (χ2n) is 5.40. The van der Waals surface area contributed by atoms with Crippen LogP contribution in [0.4, 0.5) is 5.69 Å². The number of benzene rings is 2. The number of nitrogens with zero attached hydrogens (tertiary/aromatic N) is 1. The molecule has 1 heterocycles. The van der Waals surface area contributed by atoms with E-state index < -0.39 is 0 Å². The lowest BCUT2D eigenvalue weighted by Gasteiger charge is -2.21. The van der Waals surface area contributed by atoms with Gasteiger partial charge in [-0.1, -0.05) is 11.6 Å². The molecule has 0 atom stereocenters. The first-order valence-corrected chi connectivity index (χ1v) is 7.96. The van der Waals surface area contributed by atoms with Crippen molar-refractivity contribution in [2.45, 2.75) is 6.54 Å². The predicted molar refractivity (Wildman–Crippen MR) is 94.2 cm³/mol. The van der Waals surface area contributed by atoms with Crippen molar-refractivity contribution in [3.8, 4) is 23.0 Å². The molecule has 0 N–H and O–H groups in total. The van der Waals surface area contributed by atoms with Crippen LogP contribution >= 0.6 is 11.6 Å². The molecular formula is C18H18ClNO5. The number of anilines is 1. The van der Waals surface area contributed by atoms with Gasteiger partial charge in [-0.15, -0.1) is 0 Å². The van der Waals surface area contributed by atoms with E-state index in [-0.39, 0.29) is 12.5 Å². The summed E-state index contributed by atoms with van der Waals surface area (Å²) in [6, 6.07) is 8.74. The molecule has 6 nitrogen and oxygen atoms in total. The Bertz CT molecular complexity index is 808. The van der Waals surface area contributed by atoms with Gasteiger partial charge in [-0.05, 0) is 18.2 Å². The smallest absolute Gasteiger partial charge is 0.265 e. The van der Waals surface area contributed by atoms with E-state index in [1.165, 1.54) is 7.11 Å². The Morgan fingerprint density at radius 3 is 2.40 bits per heavy atom. The van der Waals surface area contributed by atoms with E-state index >= 15 is 0 Å². The van der Waals surface area contributed by atoms with Gasteiger partial charge in [0.25, 0.3) is 5.91 Å². The first kappa shape index (κ1) is 17.2. The first-order valence-electron chi connectivity index (χ1n) is 7.59. The van der Waals surface area contributed by atoms with Crippen molar-refractivity contribution >= 4 is 23.2 Å². The molecular weight excluding hydrogens is 346 g/mol. The number of hydrogen-bond acceptors (Lipinski definition) is 5. The number of ether oxygens (including phenoxy) is 4. The Morgan fingerprint density at radius 1 is 1.00 bits per heavy atom. The number of methoxy groups -OCH3 is 3. The highest BCUT2D eigenvalue weighted by Gasteiger charge is 2.26. The fraction of sp³-hybridized carbons (Fsp3) is 0.278.